The molecule has 1 N–H and O–H groups in total. The first-order chi connectivity index (χ1) is 13.3. The Bertz CT molecular complexity index is 785. The van der Waals surface area contributed by atoms with Crippen LogP contribution in [0.2, 0.25) is 0 Å². The van der Waals surface area contributed by atoms with E-state index in [1.165, 1.54) is 0 Å². The minimum Gasteiger partial charge on any atom is -0.444 e. The van der Waals surface area contributed by atoms with Crippen molar-refractivity contribution in [2.24, 2.45) is 0 Å². The summed E-state index contributed by atoms with van der Waals surface area (Å²) in [6.07, 6.45) is -0.558. The lowest BCUT2D eigenvalue weighted by atomic mass is 10.1. The topological polar surface area (TPSA) is 67.9 Å². The summed E-state index contributed by atoms with van der Waals surface area (Å²) in [4.78, 5) is 26.8. The summed E-state index contributed by atoms with van der Waals surface area (Å²) in [5, 5.41) is 2.67. The van der Waals surface area contributed by atoms with Crippen LogP contribution in [0.15, 0.2) is 54.6 Å². The fraction of sp³-hybridized carbons (Fsp3) is 0.364. The zero-order chi connectivity index (χ0) is 20.6. The monoisotopic (exact) mass is 384 g/mol. The van der Waals surface area contributed by atoms with Gasteiger partial charge in [0.15, 0.2) is 0 Å². The van der Waals surface area contributed by atoms with Gasteiger partial charge in [0.1, 0.15) is 5.60 Å². The van der Waals surface area contributed by atoms with Gasteiger partial charge in [0.25, 0.3) is 5.91 Å². The third kappa shape index (κ3) is 7.04. The van der Waals surface area contributed by atoms with Crippen molar-refractivity contribution in [1.29, 1.82) is 0 Å². The highest BCUT2D eigenvalue weighted by atomic mass is 16.6. The summed E-state index contributed by atoms with van der Waals surface area (Å²) in [5.74, 6) is -0.131. The number of methoxy groups -OCH3 is 1. The van der Waals surface area contributed by atoms with E-state index in [2.05, 4.69) is 5.32 Å². The van der Waals surface area contributed by atoms with Crippen molar-refractivity contribution in [2.75, 3.05) is 25.6 Å². The number of nitrogens with one attached hydrogen (secondary N) is 1. The lowest BCUT2D eigenvalue weighted by Gasteiger charge is -2.23. The zero-order valence-electron chi connectivity index (χ0n) is 16.9. The fourth-order valence-electron chi connectivity index (χ4n) is 2.59. The molecule has 6 heteroatoms. The molecule has 2 aromatic rings. The number of hydrogen-bond donors (Lipinski definition) is 1. The Morgan fingerprint density at radius 1 is 1.04 bits per heavy atom. The van der Waals surface area contributed by atoms with Gasteiger partial charge in [-0.2, -0.15) is 0 Å². The van der Waals surface area contributed by atoms with Crippen LogP contribution in [-0.2, 0) is 16.0 Å². The number of benzene rings is 2. The zero-order valence-corrected chi connectivity index (χ0v) is 16.9. The molecule has 0 aliphatic carbocycles. The van der Waals surface area contributed by atoms with Crippen molar-refractivity contribution >= 4 is 17.7 Å². The second kappa shape index (κ2) is 9.90. The molecule has 0 heterocycles. The number of amides is 2. The first kappa shape index (κ1) is 21.4. The van der Waals surface area contributed by atoms with E-state index in [9.17, 15) is 9.59 Å². The van der Waals surface area contributed by atoms with Gasteiger partial charge >= 0.3 is 6.09 Å². The van der Waals surface area contributed by atoms with Crippen molar-refractivity contribution in [3.8, 4) is 0 Å². The predicted molar refractivity (Wildman–Crippen MR) is 109 cm³/mol. The van der Waals surface area contributed by atoms with E-state index in [0.717, 1.165) is 5.56 Å². The molecule has 0 spiro atoms. The normalized spacial score (nSPS) is 11.0. The number of carbonyl (C=O) groups excluding carboxylic acids is 2. The summed E-state index contributed by atoms with van der Waals surface area (Å²) in [6.45, 7) is 6.77. The summed E-state index contributed by atoms with van der Waals surface area (Å²) in [6, 6.07) is 16.6. The molecule has 0 atom stereocenters. The molecule has 0 saturated heterocycles. The second-order valence-corrected chi connectivity index (χ2v) is 7.41. The maximum Gasteiger partial charge on any atom is 0.412 e. The Balaban J connectivity index is 2.14. The Labute approximate surface area is 166 Å². The fourth-order valence-corrected chi connectivity index (χ4v) is 2.59. The van der Waals surface area contributed by atoms with Crippen LogP contribution in [0.3, 0.4) is 0 Å². The van der Waals surface area contributed by atoms with E-state index in [1.807, 2.05) is 30.3 Å². The Hall–Kier alpha value is -2.86. The summed E-state index contributed by atoms with van der Waals surface area (Å²) >= 11 is 0. The molecule has 0 radical (unpaired) electrons. The van der Waals surface area contributed by atoms with E-state index < -0.39 is 11.7 Å². The van der Waals surface area contributed by atoms with E-state index in [1.54, 1.807) is 57.0 Å². The van der Waals surface area contributed by atoms with Gasteiger partial charge in [-0.1, -0.05) is 36.4 Å². The standard InChI is InChI=1S/C22H28N2O4/c1-22(2,3)28-21(26)23-19-12-8-11-18(15-19)20(25)24(13-14-27-4)16-17-9-6-5-7-10-17/h5-12,15H,13-14,16H2,1-4H3,(H,23,26). The SMILES string of the molecule is COCCN(Cc1ccccc1)C(=O)c1cccc(NC(=O)OC(C)(C)C)c1. The molecule has 0 saturated carbocycles. The Morgan fingerprint density at radius 2 is 1.75 bits per heavy atom. The molecule has 0 aromatic heterocycles. The third-order valence-electron chi connectivity index (χ3n) is 3.82. The van der Waals surface area contributed by atoms with Crippen LogP contribution in [0.1, 0.15) is 36.7 Å². The van der Waals surface area contributed by atoms with Crippen LogP contribution in [0.5, 0.6) is 0 Å². The smallest absolute Gasteiger partial charge is 0.412 e. The number of hydrogen-bond acceptors (Lipinski definition) is 4. The minimum atomic E-state index is -0.593. The van der Waals surface area contributed by atoms with Crippen molar-refractivity contribution in [2.45, 2.75) is 32.9 Å². The Kier molecular flexibility index (Phi) is 7.58. The number of carbonyl (C=O) groups is 2. The van der Waals surface area contributed by atoms with Crippen molar-refractivity contribution in [1.82, 2.24) is 4.90 Å². The molecule has 6 nitrogen and oxygen atoms in total. The van der Waals surface area contributed by atoms with E-state index in [4.69, 9.17) is 9.47 Å². The van der Waals surface area contributed by atoms with Crippen LogP contribution < -0.4 is 5.32 Å². The van der Waals surface area contributed by atoms with Gasteiger partial charge in [-0.15, -0.1) is 0 Å². The molecular formula is C22H28N2O4. The summed E-state index contributed by atoms with van der Waals surface area (Å²) < 4.78 is 10.4. The average molecular weight is 384 g/mol. The van der Waals surface area contributed by atoms with Gasteiger partial charge in [0.2, 0.25) is 0 Å². The lowest BCUT2D eigenvalue weighted by Crippen LogP contribution is -2.33. The predicted octanol–water partition coefficient (Wildman–Crippen LogP) is 4.32. The van der Waals surface area contributed by atoms with Gasteiger partial charge in [-0.25, -0.2) is 4.79 Å². The van der Waals surface area contributed by atoms with Crippen LogP contribution >= 0.6 is 0 Å². The maximum absolute atomic E-state index is 13.0. The van der Waals surface area contributed by atoms with Crippen molar-refractivity contribution < 1.29 is 19.1 Å². The highest BCUT2D eigenvalue weighted by Crippen LogP contribution is 2.16. The number of rotatable bonds is 7. The number of ether oxygens (including phenoxy) is 2. The van der Waals surface area contributed by atoms with E-state index >= 15 is 0 Å². The molecule has 2 amide bonds. The maximum atomic E-state index is 13.0. The van der Waals surface area contributed by atoms with Crippen LogP contribution in [0.4, 0.5) is 10.5 Å². The van der Waals surface area contributed by atoms with Crippen LogP contribution in [-0.4, -0.2) is 42.8 Å². The first-order valence-electron chi connectivity index (χ1n) is 9.21. The highest BCUT2D eigenvalue weighted by Gasteiger charge is 2.19. The molecule has 0 aliphatic heterocycles. The van der Waals surface area contributed by atoms with Crippen molar-refractivity contribution in [3.63, 3.8) is 0 Å². The molecule has 0 aliphatic rings. The molecule has 0 bridgehead atoms. The highest BCUT2D eigenvalue weighted by molar-refractivity contribution is 5.96. The largest absolute Gasteiger partial charge is 0.444 e. The summed E-state index contributed by atoms with van der Waals surface area (Å²) in [7, 11) is 1.61. The molecule has 28 heavy (non-hydrogen) atoms. The van der Waals surface area contributed by atoms with E-state index in [0.29, 0.717) is 30.9 Å². The molecular weight excluding hydrogens is 356 g/mol. The third-order valence-corrected chi connectivity index (χ3v) is 3.82. The minimum absolute atomic E-state index is 0.131. The van der Waals surface area contributed by atoms with Crippen LogP contribution in [0, 0.1) is 0 Å². The average Bonchev–Trinajstić information content (AvgIpc) is 2.64. The summed E-state index contributed by atoms with van der Waals surface area (Å²) in [5.41, 5.74) is 1.44. The second-order valence-electron chi connectivity index (χ2n) is 7.41. The molecule has 2 aromatic carbocycles. The number of nitrogens with zero attached hydrogens (tertiary/aromatic N) is 1. The van der Waals surface area contributed by atoms with Gasteiger partial charge in [-0.3, -0.25) is 10.1 Å². The molecule has 2 rings (SSSR count). The Morgan fingerprint density at radius 3 is 2.39 bits per heavy atom. The first-order valence-corrected chi connectivity index (χ1v) is 9.21. The van der Waals surface area contributed by atoms with Crippen molar-refractivity contribution in [3.05, 3.63) is 65.7 Å². The molecule has 0 fully saturated rings. The van der Waals surface area contributed by atoms with Gasteiger partial charge in [0.05, 0.1) is 6.61 Å². The molecule has 0 unspecified atom stereocenters. The van der Waals surface area contributed by atoms with Gasteiger partial charge < -0.3 is 14.4 Å². The van der Waals surface area contributed by atoms with Gasteiger partial charge in [0, 0.05) is 31.5 Å². The molecule has 150 valence electrons. The lowest BCUT2D eigenvalue weighted by molar-refractivity contribution is 0.0633. The van der Waals surface area contributed by atoms with Gasteiger partial charge in [-0.05, 0) is 44.5 Å². The van der Waals surface area contributed by atoms with Crippen LogP contribution in [0.25, 0.3) is 0 Å². The van der Waals surface area contributed by atoms with E-state index in [-0.39, 0.29) is 5.91 Å². The quantitative estimate of drug-likeness (QED) is 0.772. The number of anilines is 1.